The summed E-state index contributed by atoms with van der Waals surface area (Å²) in [6.45, 7) is 1.85. The summed E-state index contributed by atoms with van der Waals surface area (Å²) in [4.78, 5) is 12.3. The Morgan fingerprint density at radius 3 is 2.18 bits per heavy atom. The van der Waals surface area contributed by atoms with Crippen LogP contribution in [0.1, 0.15) is 16.7 Å². The summed E-state index contributed by atoms with van der Waals surface area (Å²) in [6, 6.07) is 17.2. The van der Waals surface area contributed by atoms with Crippen LogP contribution in [0.25, 0.3) is 6.08 Å². The van der Waals surface area contributed by atoms with Crippen molar-refractivity contribution in [2.75, 3.05) is 14.2 Å². The Hall–Kier alpha value is -4.29. The number of benzene rings is 3. The van der Waals surface area contributed by atoms with Crippen LogP contribution in [0.2, 0.25) is 0 Å². The summed E-state index contributed by atoms with van der Waals surface area (Å²) < 4.78 is 46.0. The largest absolute Gasteiger partial charge is 0.493 e. The molecular weight excluding hydrogens is 458 g/mol. The van der Waals surface area contributed by atoms with Crippen LogP contribution in [-0.4, -0.2) is 28.6 Å². The number of nitriles is 1. The van der Waals surface area contributed by atoms with Crippen LogP contribution in [0.5, 0.6) is 23.0 Å². The number of carbonyl (C=O) groups excluding carboxylic acids is 1. The van der Waals surface area contributed by atoms with E-state index in [-0.39, 0.29) is 27.9 Å². The molecule has 174 valence electrons. The smallest absolute Gasteiger partial charge is 0.339 e. The summed E-state index contributed by atoms with van der Waals surface area (Å²) in [5.74, 6) is -0.0908. The third kappa shape index (κ3) is 5.94. The van der Waals surface area contributed by atoms with E-state index in [1.54, 1.807) is 18.2 Å². The van der Waals surface area contributed by atoms with E-state index in [2.05, 4.69) is 0 Å². The van der Waals surface area contributed by atoms with Gasteiger partial charge in [-0.15, -0.1) is 0 Å². The molecule has 0 fully saturated rings. The first kappa shape index (κ1) is 24.4. The molecule has 3 rings (SSSR count). The molecule has 0 spiro atoms. The fourth-order valence-electron chi connectivity index (χ4n) is 2.86. The third-order valence-corrected chi connectivity index (χ3v) is 5.86. The average Bonchev–Trinajstić information content (AvgIpc) is 2.83. The number of ether oxygens (including phenoxy) is 3. The number of hydrogen-bond donors (Lipinski definition) is 0. The summed E-state index contributed by atoms with van der Waals surface area (Å²) in [7, 11) is -1.28. The van der Waals surface area contributed by atoms with Crippen molar-refractivity contribution in [3.63, 3.8) is 0 Å². The van der Waals surface area contributed by atoms with Crippen molar-refractivity contribution in [3.8, 4) is 29.1 Å². The second kappa shape index (κ2) is 10.6. The van der Waals surface area contributed by atoms with Gasteiger partial charge in [0.05, 0.1) is 25.9 Å². The highest BCUT2D eigenvalue weighted by Crippen LogP contribution is 2.32. The Morgan fingerprint density at radius 1 is 0.882 bits per heavy atom. The van der Waals surface area contributed by atoms with Gasteiger partial charge in [-0.05, 0) is 55.0 Å². The molecule has 0 N–H and O–H groups in total. The lowest BCUT2D eigenvalue weighted by atomic mass is 10.2. The van der Waals surface area contributed by atoms with Gasteiger partial charge in [0.25, 0.3) is 0 Å². The van der Waals surface area contributed by atoms with Crippen molar-refractivity contribution in [1.82, 2.24) is 0 Å². The first-order valence-corrected chi connectivity index (χ1v) is 11.3. The lowest BCUT2D eigenvalue weighted by molar-refractivity contribution is -0.129. The molecule has 0 atom stereocenters. The SMILES string of the molecule is COc1cc(C#N)ccc1OC(=O)/C=C/c1ccc(OS(=O)(=O)c2ccc(C)cc2)c(OC)c1. The number of nitrogens with zero attached hydrogens (tertiary/aromatic N) is 1. The summed E-state index contributed by atoms with van der Waals surface area (Å²) in [6.07, 6.45) is 2.66. The van der Waals surface area contributed by atoms with Crippen LogP contribution in [-0.2, 0) is 14.9 Å². The molecule has 0 heterocycles. The molecule has 0 aliphatic rings. The van der Waals surface area contributed by atoms with Crippen LogP contribution in [0, 0.1) is 18.3 Å². The van der Waals surface area contributed by atoms with E-state index in [1.807, 2.05) is 13.0 Å². The van der Waals surface area contributed by atoms with Gasteiger partial charge in [-0.1, -0.05) is 23.8 Å². The van der Waals surface area contributed by atoms with Gasteiger partial charge in [0.1, 0.15) is 4.90 Å². The summed E-state index contributed by atoms with van der Waals surface area (Å²) >= 11 is 0. The number of rotatable bonds is 8. The maximum Gasteiger partial charge on any atom is 0.339 e. The number of methoxy groups -OCH3 is 2. The molecular formula is C25H21NO7S. The predicted octanol–water partition coefficient (Wildman–Crippen LogP) is 4.27. The zero-order chi connectivity index (χ0) is 24.7. The van der Waals surface area contributed by atoms with Crippen molar-refractivity contribution in [1.29, 1.82) is 5.26 Å². The Morgan fingerprint density at radius 2 is 1.53 bits per heavy atom. The first-order valence-electron chi connectivity index (χ1n) is 9.93. The minimum atomic E-state index is -4.05. The van der Waals surface area contributed by atoms with Gasteiger partial charge < -0.3 is 18.4 Å². The van der Waals surface area contributed by atoms with Crippen molar-refractivity contribution in [3.05, 3.63) is 83.4 Å². The van der Waals surface area contributed by atoms with Gasteiger partial charge in [-0.2, -0.15) is 13.7 Å². The van der Waals surface area contributed by atoms with Crippen molar-refractivity contribution >= 4 is 22.2 Å². The van der Waals surface area contributed by atoms with Crippen LogP contribution >= 0.6 is 0 Å². The van der Waals surface area contributed by atoms with Gasteiger partial charge in [0.15, 0.2) is 23.0 Å². The molecule has 0 radical (unpaired) electrons. The van der Waals surface area contributed by atoms with Gasteiger partial charge in [-0.3, -0.25) is 0 Å². The molecule has 3 aromatic carbocycles. The molecule has 0 unspecified atom stereocenters. The van der Waals surface area contributed by atoms with Crippen molar-refractivity contribution in [2.24, 2.45) is 0 Å². The number of carbonyl (C=O) groups is 1. The zero-order valence-corrected chi connectivity index (χ0v) is 19.5. The van der Waals surface area contributed by atoms with Crippen molar-refractivity contribution in [2.45, 2.75) is 11.8 Å². The third-order valence-electron chi connectivity index (χ3n) is 4.61. The quantitative estimate of drug-likeness (QED) is 0.204. The van der Waals surface area contributed by atoms with Crippen LogP contribution in [0.4, 0.5) is 0 Å². The fraction of sp³-hybridized carbons (Fsp3) is 0.120. The molecule has 0 saturated carbocycles. The average molecular weight is 480 g/mol. The minimum absolute atomic E-state index is 0.00474. The molecule has 0 aliphatic carbocycles. The molecule has 9 heteroatoms. The van der Waals surface area contributed by atoms with Gasteiger partial charge in [0, 0.05) is 12.1 Å². The highest BCUT2D eigenvalue weighted by atomic mass is 32.2. The molecule has 8 nitrogen and oxygen atoms in total. The topological polar surface area (TPSA) is 112 Å². The number of esters is 1. The highest BCUT2D eigenvalue weighted by Gasteiger charge is 2.19. The molecule has 0 bridgehead atoms. The highest BCUT2D eigenvalue weighted by molar-refractivity contribution is 7.87. The lowest BCUT2D eigenvalue weighted by Gasteiger charge is -2.11. The van der Waals surface area contributed by atoms with E-state index in [0.717, 1.165) is 5.56 Å². The molecule has 34 heavy (non-hydrogen) atoms. The predicted molar refractivity (Wildman–Crippen MR) is 124 cm³/mol. The Kier molecular flexibility index (Phi) is 7.56. The maximum absolute atomic E-state index is 12.6. The second-order valence-corrected chi connectivity index (χ2v) is 8.54. The van der Waals surface area contributed by atoms with E-state index < -0.39 is 16.1 Å². The normalized spacial score (nSPS) is 11.0. The minimum Gasteiger partial charge on any atom is -0.493 e. The standard InChI is InChI=1S/C25H21NO7S/c1-17-4-9-20(10-5-17)34(28,29)33-22-12-6-18(14-24(22)31-3)8-13-25(27)32-21-11-7-19(16-26)15-23(21)30-2/h4-15H,1-3H3/b13-8+. The van der Waals surface area contributed by atoms with Crippen molar-refractivity contribution < 1.29 is 31.6 Å². The summed E-state index contributed by atoms with van der Waals surface area (Å²) in [5.41, 5.74) is 1.83. The van der Waals surface area contributed by atoms with Crippen LogP contribution in [0.3, 0.4) is 0 Å². The molecule has 0 saturated heterocycles. The molecule has 0 aromatic heterocycles. The Balaban J connectivity index is 1.75. The number of hydrogen-bond acceptors (Lipinski definition) is 8. The van der Waals surface area contributed by atoms with E-state index in [1.165, 1.54) is 68.8 Å². The van der Waals surface area contributed by atoms with Gasteiger partial charge in [0.2, 0.25) is 0 Å². The van der Waals surface area contributed by atoms with E-state index in [0.29, 0.717) is 11.1 Å². The molecule has 0 amide bonds. The Bertz CT molecular complexity index is 1370. The van der Waals surface area contributed by atoms with E-state index in [4.69, 9.17) is 23.7 Å². The van der Waals surface area contributed by atoms with Gasteiger partial charge >= 0.3 is 16.1 Å². The van der Waals surface area contributed by atoms with Gasteiger partial charge in [-0.25, -0.2) is 4.79 Å². The monoisotopic (exact) mass is 479 g/mol. The molecule has 3 aromatic rings. The van der Waals surface area contributed by atoms with Crippen LogP contribution < -0.4 is 18.4 Å². The fourth-order valence-corrected chi connectivity index (χ4v) is 3.80. The van der Waals surface area contributed by atoms with Crippen LogP contribution in [0.15, 0.2) is 71.6 Å². The summed E-state index contributed by atoms with van der Waals surface area (Å²) in [5, 5.41) is 8.96. The Labute approximate surface area is 197 Å². The van der Waals surface area contributed by atoms with E-state index in [9.17, 15) is 13.2 Å². The maximum atomic E-state index is 12.6. The zero-order valence-electron chi connectivity index (χ0n) is 18.6. The lowest BCUT2D eigenvalue weighted by Crippen LogP contribution is -2.10. The second-order valence-electron chi connectivity index (χ2n) is 6.99. The van der Waals surface area contributed by atoms with E-state index >= 15 is 0 Å². The number of aryl methyl sites for hydroxylation is 1. The molecule has 0 aliphatic heterocycles. The first-order chi connectivity index (χ1) is 16.2.